The van der Waals surface area contributed by atoms with Gasteiger partial charge in [0, 0.05) is 12.0 Å². The minimum Gasteiger partial charge on any atom is -0.469 e. The summed E-state index contributed by atoms with van der Waals surface area (Å²) in [5, 5.41) is 8.34. The lowest BCUT2D eigenvalue weighted by atomic mass is 10.2. The number of hydrogen-bond acceptors (Lipinski definition) is 2. The van der Waals surface area contributed by atoms with Crippen LogP contribution in [0.5, 0.6) is 0 Å². The van der Waals surface area contributed by atoms with E-state index in [0.717, 1.165) is 5.76 Å². The molecule has 0 saturated heterocycles. The summed E-state index contributed by atoms with van der Waals surface area (Å²) in [6.07, 6.45) is 2.10. The lowest BCUT2D eigenvalue weighted by molar-refractivity contribution is 0.521. The number of nitrogens with zero attached hydrogens (tertiary/aromatic N) is 1. The predicted octanol–water partition coefficient (Wildman–Crippen LogP) is 1.90. The molecule has 1 heterocycles. The molecule has 0 radical (unpaired) electrons. The maximum Gasteiger partial charge on any atom is 0.108 e. The Morgan fingerprint density at radius 1 is 1.80 bits per heavy atom. The molecule has 10 heavy (non-hydrogen) atoms. The maximum absolute atomic E-state index is 8.34. The molecule has 1 rings (SSSR count). The van der Waals surface area contributed by atoms with Crippen molar-refractivity contribution < 1.29 is 4.42 Å². The number of hydrogen-bond donors (Lipinski definition) is 0. The first-order chi connectivity index (χ1) is 4.83. The van der Waals surface area contributed by atoms with Gasteiger partial charge in [0.05, 0.1) is 12.3 Å². The molecular weight excluding hydrogens is 126 g/mol. The molecule has 0 aromatic carbocycles. The molecule has 2 heteroatoms. The van der Waals surface area contributed by atoms with E-state index in [-0.39, 0.29) is 0 Å². The van der Waals surface area contributed by atoms with Crippen LogP contribution in [0.25, 0.3) is 0 Å². The van der Waals surface area contributed by atoms with Crippen molar-refractivity contribution in [3.63, 3.8) is 0 Å². The van der Waals surface area contributed by atoms with Gasteiger partial charge in [0.2, 0.25) is 0 Å². The Hall–Kier alpha value is -1.49. The van der Waals surface area contributed by atoms with E-state index in [2.05, 4.69) is 6.58 Å². The van der Waals surface area contributed by atoms with Gasteiger partial charge in [-0.05, 0) is 12.1 Å². The lowest BCUT2D eigenvalue weighted by Gasteiger charge is -1.88. The van der Waals surface area contributed by atoms with E-state index in [4.69, 9.17) is 9.68 Å². The Kier molecular flexibility index (Phi) is 1.91. The Morgan fingerprint density at radius 3 is 3.10 bits per heavy atom. The first-order valence-corrected chi connectivity index (χ1v) is 2.93. The average Bonchev–Trinajstić information content (AvgIpc) is 2.40. The zero-order chi connectivity index (χ0) is 7.40. The molecular formula is C8H7NO. The van der Waals surface area contributed by atoms with Gasteiger partial charge in [0.1, 0.15) is 5.76 Å². The number of furan rings is 1. The van der Waals surface area contributed by atoms with Gasteiger partial charge in [0.25, 0.3) is 0 Å². The van der Waals surface area contributed by atoms with Crippen LogP contribution >= 0.6 is 0 Å². The van der Waals surface area contributed by atoms with E-state index in [0.29, 0.717) is 12.0 Å². The zero-order valence-corrected chi connectivity index (χ0v) is 5.50. The molecule has 0 atom stereocenters. The van der Waals surface area contributed by atoms with E-state index < -0.39 is 0 Å². The quantitative estimate of drug-likeness (QED) is 0.578. The van der Waals surface area contributed by atoms with Crippen molar-refractivity contribution in [2.24, 2.45) is 0 Å². The highest BCUT2D eigenvalue weighted by atomic mass is 16.3. The van der Waals surface area contributed by atoms with E-state index in [1.807, 2.05) is 12.1 Å². The third-order valence-electron chi connectivity index (χ3n) is 1.13. The Balaban J connectivity index is 2.59. The van der Waals surface area contributed by atoms with Crippen LogP contribution in [0.2, 0.25) is 0 Å². The summed E-state index contributed by atoms with van der Waals surface area (Å²) in [7, 11) is 0. The second-order valence-electron chi connectivity index (χ2n) is 1.97. The molecule has 0 fully saturated rings. The van der Waals surface area contributed by atoms with Crippen LogP contribution in [-0.2, 0) is 6.42 Å². The van der Waals surface area contributed by atoms with Gasteiger partial charge in [-0.1, -0.05) is 6.58 Å². The minimum atomic E-state index is 0.517. The molecule has 50 valence electrons. The topological polar surface area (TPSA) is 36.9 Å². The summed E-state index contributed by atoms with van der Waals surface area (Å²) in [4.78, 5) is 0. The summed E-state index contributed by atoms with van der Waals surface area (Å²) in [5.74, 6) is 0.784. The molecule has 1 aromatic rings. The highest BCUT2D eigenvalue weighted by molar-refractivity contribution is 5.21. The first-order valence-electron chi connectivity index (χ1n) is 2.93. The summed E-state index contributed by atoms with van der Waals surface area (Å²) < 4.78 is 4.99. The van der Waals surface area contributed by atoms with Crippen LogP contribution in [0.4, 0.5) is 0 Å². The van der Waals surface area contributed by atoms with Crippen molar-refractivity contribution >= 4 is 0 Å². The van der Waals surface area contributed by atoms with Crippen molar-refractivity contribution in [2.45, 2.75) is 6.42 Å². The third-order valence-corrected chi connectivity index (χ3v) is 1.13. The Morgan fingerprint density at radius 2 is 2.60 bits per heavy atom. The Bertz CT molecular complexity index is 253. The van der Waals surface area contributed by atoms with Crippen LogP contribution in [-0.4, -0.2) is 0 Å². The molecule has 0 unspecified atom stereocenters. The molecule has 0 aliphatic carbocycles. The number of nitriles is 1. The van der Waals surface area contributed by atoms with Gasteiger partial charge in [-0.2, -0.15) is 5.26 Å². The van der Waals surface area contributed by atoms with Crippen molar-refractivity contribution in [1.82, 2.24) is 0 Å². The predicted molar refractivity (Wildman–Crippen MR) is 37.2 cm³/mol. The molecule has 1 aromatic heterocycles. The SMILES string of the molecule is C=C(C#N)Cc1ccco1. The molecule has 0 saturated carbocycles. The van der Waals surface area contributed by atoms with Crippen molar-refractivity contribution in [3.05, 3.63) is 36.3 Å². The van der Waals surface area contributed by atoms with E-state index >= 15 is 0 Å². The largest absolute Gasteiger partial charge is 0.469 e. The molecule has 0 bridgehead atoms. The van der Waals surface area contributed by atoms with Crippen LogP contribution < -0.4 is 0 Å². The fraction of sp³-hybridized carbons (Fsp3) is 0.125. The van der Waals surface area contributed by atoms with Crippen molar-refractivity contribution in [2.75, 3.05) is 0 Å². The molecule has 0 aliphatic heterocycles. The summed E-state index contributed by atoms with van der Waals surface area (Å²) in [5.41, 5.74) is 0.523. The fourth-order valence-electron chi connectivity index (χ4n) is 0.663. The third kappa shape index (κ3) is 1.49. The summed E-state index contributed by atoms with van der Waals surface area (Å²) in [6.45, 7) is 3.53. The molecule has 0 aliphatic rings. The lowest BCUT2D eigenvalue weighted by Crippen LogP contribution is -1.81. The average molecular weight is 133 g/mol. The van der Waals surface area contributed by atoms with Crippen LogP contribution in [0.15, 0.2) is 35.0 Å². The molecule has 0 spiro atoms. The van der Waals surface area contributed by atoms with Crippen molar-refractivity contribution in [3.8, 4) is 6.07 Å². The number of allylic oxidation sites excluding steroid dienone is 1. The van der Waals surface area contributed by atoms with E-state index in [9.17, 15) is 0 Å². The zero-order valence-electron chi connectivity index (χ0n) is 5.50. The Labute approximate surface area is 59.4 Å². The second-order valence-corrected chi connectivity index (χ2v) is 1.97. The second kappa shape index (κ2) is 2.88. The standard InChI is InChI=1S/C8H7NO/c1-7(6-9)5-8-3-2-4-10-8/h2-4H,1,5H2. The monoisotopic (exact) mass is 133 g/mol. The van der Waals surface area contributed by atoms with Gasteiger partial charge >= 0.3 is 0 Å². The normalized spacial score (nSPS) is 8.70. The molecule has 0 amide bonds. The van der Waals surface area contributed by atoms with Gasteiger partial charge in [0.15, 0.2) is 0 Å². The van der Waals surface area contributed by atoms with Gasteiger partial charge in [-0.25, -0.2) is 0 Å². The van der Waals surface area contributed by atoms with Crippen LogP contribution in [0.3, 0.4) is 0 Å². The summed E-state index contributed by atoms with van der Waals surface area (Å²) in [6, 6.07) is 5.56. The number of rotatable bonds is 2. The smallest absolute Gasteiger partial charge is 0.108 e. The van der Waals surface area contributed by atoms with Gasteiger partial charge in [-0.3, -0.25) is 0 Å². The first kappa shape index (κ1) is 6.63. The van der Waals surface area contributed by atoms with Crippen LogP contribution in [0, 0.1) is 11.3 Å². The van der Waals surface area contributed by atoms with E-state index in [1.165, 1.54) is 0 Å². The van der Waals surface area contributed by atoms with Crippen molar-refractivity contribution in [1.29, 1.82) is 5.26 Å². The molecule has 2 nitrogen and oxygen atoms in total. The maximum atomic E-state index is 8.34. The van der Waals surface area contributed by atoms with Gasteiger partial charge < -0.3 is 4.42 Å². The summed E-state index contributed by atoms with van der Waals surface area (Å²) >= 11 is 0. The highest BCUT2D eigenvalue weighted by Gasteiger charge is 1.96. The van der Waals surface area contributed by atoms with Crippen LogP contribution in [0.1, 0.15) is 5.76 Å². The molecule has 0 N–H and O–H groups in total. The van der Waals surface area contributed by atoms with Gasteiger partial charge in [-0.15, -0.1) is 0 Å². The fourth-order valence-corrected chi connectivity index (χ4v) is 0.663. The minimum absolute atomic E-state index is 0.517. The van der Waals surface area contributed by atoms with E-state index in [1.54, 1.807) is 12.3 Å². The highest BCUT2D eigenvalue weighted by Crippen LogP contribution is 2.05.